The smallest absolute Gasteiger partial charge is 0.269 e. The summed E-state index contributed by atoms with van der Waals surface area (Å²) < 4.78 is 10.7. The molecule has 0 spiro atoms. The molecule has 9 nitrogen and oxygen atoms in total. The van der Waals surface area contributed by atoms with Gasteiger partial charge >= 0.3 is 0 Å². The molecule has 1 aliphatic heterocycles. The van der Waals surface area contributed by atoms with E-state index in [1.54, 1.807) is 0 Å². The van der Waals surface area contributed by atoms with Gasteiger partial charge < -0.3 is 29.9 Å². The Labute approximate surface area is 125 Å². The average molecular weight is 315 g/mol. The molecule has 0 aliphatic carbocycles. The molecule has 0 amide bonds. The van der Waals surface area contributed by atoms with Crippen molar-refractivity contribution in [3.63, 3.8) is 0 Å². The van der Waals surface area contributed by atoms with E-state index < -0.39 is 42.2 Å². The molecule has 2 rings (SSSR count). The second-order valence-electron chi connectivity index (χ2n) is 4.92. The number of benzene rings is 1. The van der Waals surface area contributed by atoms with Crippen LogP contribution in [0.25, 0.3) is 0 Å². The average Bonchev–Trinajstić information content (AvgIpc) is 2.52. The molecule has 5 atom stereocenters. The van der Waals surface area contributed by atoms with Crippen molar-refractivity contribution in [3.05, 3.63) is 39.9 Å². The Kier molecular flexibility index (Phi) is 5.40. The van der Waals surface area contributed by atoms with Gasteiger partial charge in [0.15, 0.2) is 6.29 Å². The van der Waals surface area contributed by atoms with E-state index in [2.05, 4.69) is 0 Å². The van der Waals surface area contributed by atoms with E-state index in [-0.39, 0.29) is 12.3 Å². The second-order valence-corrected chi connectivity index (χ2v) is 4.92. The quantitative estimate of drug-likeness (QED) is 0.414. The van der Waals surface area contributed by atoms with Crippen LogP contribution in [0.2, 0.25) is 0 Å². The Balaban J connectivity index is 2.26. The first-order valence-corrected chi connectivity index (χ1v) is 6.60. The number of hydrogen-bond acceptors (Lipinski definition) is 8. The lowest BCUT2D eigenvalue weighted by molar-refractivity contribution is -0.385. The minimum absolute atomic E-state index is 0.173. The van der Waals surface area contributed by atoms with Gasteiger partial charge in [-0.3, -0.25) is 10.1 Å². The van der Waals surface area contributed by atoms with E-state index in [1.807, 2.05) is 0 Å². The van der Waals surface area contributed by atoms with Gasteiger partial charge in [-0.1, -0.05) is 12.1 Å². The van der Waals surface area contributed by atoms with Crippen molar-refractivity contribution in [2.75, 3.05) is 13.2 Å². The van der Waals surface area contributed by atoms with Gasteiger partial charge in [0.1, 0.15) is 24.4 Å². The van der Waals surface area contributed by atoms with Gasteiger partial charge in [-0.05, 0) is 0 Å². The van der Waals surface area contributed by atoms with E-state index >= 15 is 0 Å². The lowest BCUT2D eigenvalue weighted by atomic mass is 10.0. The Morgan fingerprint density at radius 3 is 2.64 bits per heavy atom. The van der Waals surface area contributed by atoms with Crippen molar-refractivity contribution in [2.45, 2.75) is 30.7 Å². The third kappa shape index (κ3) is 3.58. The molecule has 4 N–H and O–H groups in total. The van der Waals surface area contributed by atoms with Gasteiger partial charge in [-0.25, -0.2) is 0 Å². The Hall–Kier alpha value is -1.62. The number of hydrogen-bond donors (Lipinski definition) is 4. The fourth-order valence-corrected chi connectivity index (χ4v) is 2.12. The lowest BCUT2D eigenvalue weighted by Crippen LogP contribution is -2.51. The monoisotopic (exact) mass is 315 g/mol. The van der Waals surface area contributed by atoms with Crippen molar-refractivity contribution in [1.82, 2.24) is 0 Å². The van der Waals surface area contributed by atoms with Crippen LogP contribution in [0.4, 0.5) is 5.69 Å². The van der Waals surface area contributed by atoms with Gasteiger partial charge in [0, 0.05) is 17.7 Å². The van der Waals surface area contributed by atoms with Crippen LogP contribution in [-0.4, -0.2) is 63.0 Å². The number of rotatable bonds is 3. The van der Waals surface area contributed by atoms with Crippen LogP contribution in [0.5, 0.6) is 0 Å². The molecule has 0 radical (unpaired) electrons. The van der Waals surface area contributed by atoms with Crippen LogP contribution < -0.4 is 0 Å². The van der Waals surface area contributed by atoms with Crippen LogP contribution >= 0.6 is 0 Å². The molecule has 0 saturated carbocycles. The first-order valence-electron chi connectivity index (χ1n) is 6.60. The van der Waals surface area contributed by atoms with Crippen molar-refractivity contribution in [2.24, 2.45) is 0 Å². The Morgan fingerprint density at radius 2 is 2.00 bits per heavy atom. The number of nitro groups is 1. The van der Waals surface area contributed by atoms with E-state index in [0.29, 0.717) is 5.56 Å². The summed E-state index contributed by atoms with van der Waals surface area (Å²) in [5.41, 5.74) is 0.122. The SMILES string of the molecule is O=[N+]([O-])c1cccc(C2OC[C@H](O)[C@H](O)[C@@H](O)[C@@H](CO)O2)c1. The largest absolute Gasteiger partial charge is 0.394 e. The van der Waals surface area contributed by atoms with Crippen LogP contribution in [0.3, 0.4) is 0 Å². The second kappa shape index (κ2) is 7.09. The molecule has 1 aliphatic rings. The van der Waals surface area contributed by atoms with Gasteiger partial charge in [0.2, 0.25) is 0 Å². The zero-order valence-electron chi connectivity index (χ0n) is 11.5. The summed E-state index contributed by atoms with van der Waals surface area (Å²) in [5.74, 6) is 0. The zero-order chi connectivity index (χ0) is 16.3. The summed E-state index contributed by atoms with van der Waals surface area (Å²) >= 11 is 0. The summed E-state index contributed by atoms with van der Waals surface area (Å²) in [6.07, 6.45) is -6.79. The summed E-state index contributed by atoms with van der Waals surface area (Å²) in [6.45, 7) is -0.969. The van der Waals surface area contributed by atoms with Crippen LogP contribution in [-0.2, 0) is 9.47 Å². The molecule has 0 aromatic heterocycles. The van der Waals surface area contributed by atoms with Crippen LogP contribution in [0.15, 0.2) is 24.3 Å². The number of ether oxygens (including phenoxy) is 2. The fraction of sp³-hybridized carbons (Fsp3) is 0.538. The minimum atomic E-state index is -1.54. The molecule has 1 saturated heterocycles. The first-order chi connectivity index (χ1) is 10.4. The van der Waals surface area contributed by atoms with Crippen molar-refractivity contribution in [3.8, 4) is 0 Å². The highest BCUT2D eigenvalue weighted by Gasteiger charge is 2.37. The topological polar surface area (TPSA) is 143 Å². The predicted molar refractivity (Wildman–Crippen MR) is 71.8 cm³/mol. The number of nitro benzene ring substituents is 1. The number of aliphatic hydroxyl groups excluding tert-OH is 4. The summed E-state index contributed by atoms with van der Waals surface area (Å²) in [6, 6.07) is 5.48. The Morgan fingerprint density at radius 1 is 1.27 bits per heavy atom. The van der Waals surface area contributed by atoms with Crippen molar-refractivity contribution in [1.29, 1.82) is 0 Å². The highest BCUT2D eigenvalue weighted by atomic mass is 16.7. The summed E-state index contributed by atoms with van der Waals surface area (Å²) in [5, 5.41) is 49.3. The number of non-ortho nitro benzene ring substituents is 1. The molecule has 0 bridgehead atoms. The lowest BCUT2D eigenvalue weighted by Gasteiger charge is -2.34. The van der Waals surface area contributed by atoms with E-state index in [9.17, 15) is 30.5 Å². The maximum atomic E-state index is 10.8. The molecule has 22 heavy (non-hydrogen) atoms. The first kappa shape index (κ1) is 16.7. The molecule has 9 heteroatoms. The molecule has 1 heterocycles. The highest BCUT2D eigenvalue weighted by molar-refractivity contribution is 5.34. The van der Waals surface area contributed by atoms with E-state index in [4.69, 9.17) is 9.47 Å². The third-order valence-electron chi connectivity index (χ3n) is 3.37. The molecule has 122 valence electrons. The molecular formula is C13H17NO8. The van der Waals surface area contributed by atoms with Gasteiger partial charge in [-0.2, -0.15) is 0 Å². The molecule has 1 unspecified atom stereocenters. The standard InChI is InChI=1S/C13H17NO8/c15-5-10-12(18)11(17)9(16)6-21-13(22-10)7-2-1-3-8(4-7)14(19)20/h1-4,9-13,15-18H,5-6H2/t9-,10+,11-,12-,13?/m0/s1. The minimum Gasteiger partial charge on any atom is -0.394 e. The molecule has 1 aromatic rings. The van der Waals surface area contributed by atoms with Gasteiger partial charge in [-0.15, -0.1) is 0 Å². The van der Waals surface area contributed by atoms with Crippen LogP contribution in [0, 0.1) is 10.1 Å². The normalized spacial score (nSPS) is 33.0. The number of aliphatic hydroxyl groups is 4. The van der Waals surface area contributed by atoms with Gasteiger partial charge in [0.05, 0.1) is 18.1 Å². The molecular weight excluding hydrogens is 298 g/mol. The van der Waals surface area contributed by atoms with E-state index in [1.165, 1.54) is 24.3 Å². The fourth-order valence-electron chi connectivity index (χ4n) is 2.12. The third-order valence-corrected chi connectivity index (χ3v) is 3.37. The maximum Gasteiger partial charge on any atom is 0.269 e. The van der Waals surface area contributed by atoms with Crippen LogP contribution in [0.1, 0.15) is 11.9 Å². The molecule has 1 fully saturated rings. The van der Waals surface area contributed by atoms with E-state index in [0.717, 1.165) is 0 Å². The maximum absolute atomic E-state index is 10.8. The molecule has 1 aromatic carbocycles. The predicted octanol–water partition coefficient (Wildman–Crippen LogP) is -0.916. The summed E-state index contributed by atoms with van der Waals surface area (Å²) in [7, 11) is 0. The highest BCUT2D eigenvalue weighted by Crippen LogP contribution is 2.28. The number of nitrogens with zero attached hydrogens (tertiary/aromatic N) is 1. The van der Waals surface area contributed by atoms with Gasteiger partial charge in [0.25, 0.3) is 5.69 Å². The van der Waals surface area contributed by atoms with Crippen molar-refractivity contribution < 1.29 is 34.8 Å². The Bertz CT molecular complexity index is 525. The summed E-state index contributed by atoms with van der Waals surface area (Å²) in [4.78, 5) is 10.2. The van der Waals surface area contributed by atoms with Crippen molar-refractivity contribution >= 4 is 5.69 Å². The zero-order valence-corrected chi connectivity index (χ0v) is 11.5.